The number of ether oxygens (including phenoxy) is 1. The number of rotatable bonds is 2. The second kappa shape index (κ2) is 4.47. The molecule has 0 spiro atoms. The standard InChI is InChI=1S/C13H11N3O4S/c17-11-8(12-16(11)9(6-21-12)13(18)19)3-7-4-15-1-2-20-5-10(15)14-7/h3-4,6,12H,1-2,5H2,(H,18,19)/b8-3+. The highest BCUT2D eigenvalue weighted by atomic mass is 32.2. The van der Waals surface area contributed by atoms with Gasteiger partial charge in [0.05, 0.1) is 17.9 Å². The van der Waals surface area contributed by atoms with Gasteiger partial charge in [-0.25, -0.2) is 9.78 Å². The third-order valence-corrected chi connectivity index (χ3v) is 4.72. The van der Waals surface area contributed by atoms with Crippen molar-refractivity contribution in [3.05, 3.63) is 34.4 Å². The molecule has 108 valence electrons. The molecule has 1 atom stereocenters. The maximum absolute atomic E-state index is 12.1. The minimum absolute atomic E-state index is 0.0460. The van der Waals surface area contributed by atoms with Crippen molar-refractivity contribution in [2.75, 3.05) is 6.61 Å². The Morgan fingerprint density at radius 3 is 3.19 bits per heavy atom. The van der Waals surface area contributed by atoms with E-state index >= 15 is 0 Å². The first kappa shape index (κ1) is 12.7. The van der Waals surface area contributed by atoms with Gasteiger partial charge >= 0.3 is 5.97 Å². The number of carbonyl (C=O) groups is 2. The lowest BCUT2D eigenvalue weighted by Crippen LogP contribution is -2.51. The van der Waals surface area contributed by atoms with Crippen LogP contribution in [0.25, 0.3) is 6.08 Å². The van der Waals surface area contributed by atoms with Crippen LogP contribution in [0.3, 0.4) is 0 Å². The summed E-state index contributed by atoms with van der Waals surface area (Å²) in [5, 5.41) is 10.3. The van der Waals surface area contributed by atoms with Crippen LogP contribution in [0.4, 0.5) is 0 Å². The van der Waals surface area contributed by atoms with Crippen molar-refractivity contribution in [3.8, 4) is 0 Å². The van der Waals surface area contributed by atoms with Crippen molar-refractivity contribution in [2.45, 2.75) is 18.5 Å². The Morgan fingerprint density at radius 1 is 1.57 bits per heavy atom. The Labute approximate surface area is 123 Å². The monoisotopic (exact) mass is 305 g/mol. The molecule has 1 unspecified atom stereocenters. The quantitative estimate of drug-likeness (QED) is 0.637. The summed E-state index contributed by atoms with van der Waals surface area (Å²) in [4.78, 5) is 28.8. The molecule has 8 heteroatoms. The maximum Gasteiger partial charge on any atom is 0.353 e. The Balaban J connectivity index is 1.60. The predicted octanol–water partition coefficient (Wildman–Crippen LogP) is 0.638. The highest BCUT2D eigenvalue weighted by Crippen LogP contribution is 2.44. The minimum Gasteiger partial charge on any atom is -0.477 e. The lowest BCUT2D eigenvalue weighted by molar-refractivity contribution is -0.141. The minimum atomic E-state index is -1.08. The number of carboxylic acid groups (broad SMARTS) is 1. The second-order valence-corrected chi connectivity index (χ2v) is 5.85. The van der Waals surface area contributed by atoms with E-state index < -0.39 is 5.97 Å². The largest absolute Gasteiger partial charge is 0.477 e. The van der Waals surface area contributed by atoms with Gasteiger partial charge < -0.3 is 14.4 Å². The van der Waals surface area contributed by atoms with E-state index in [2.05, 4.69) is 4.98 Å². The number of carboxylic acids is 1. The summed E-state index contributed by atoms with van der Waals surface area (Å²) >= 11 is 1.33. The summed E-state index contributed by atoms with van der Waals surface area (Å²) in [6.07, 6.45) is 3.63. The van der Waals surface area contributed by atoms with E-state index in [4.69, 9.17) is 9.84 Å². The summed E-state index contributed by atoms with van der Waals surface area (Å²) in [5.41, 5.74) is 1.34. The van der Waals surface area contributed by atoms with E-state index in [0.717, 1.165) is 12.4 Å². The molecule has 0 radical (unpaired) electrons. The van der Waals surface area contributed by atoms with Crippen molar-refractivity contribution in [1.29, 1.82) is 0 Å². The molecule has 4 rings (SSSR count). The predicted molar refractivity (Wildman–Crippen MR) is 73.8 cm³/mol. The first-order chi connectivity index (χ1) is 10.1. The summed E-state index contributed by atoms with van der Waals surface area (Å²) in [6.45, 7) is 1.90. The van der Waals surface area contributed by atoms with Crippen LogP contribution in [0.15, 0.2) is 22.9 Å². The zero-order chi connectivity index (χ0) is 14.6. The number of β-lactam (4-membered cyclic amide) rings is 1. The van der Waals surface area contributed by atoms with Gasteiger partial charge in [-0.05, 0) is 6.08 Å². The molecule has 3 aliphatic rings. The van der Waals surface area contributed by atoms with Gasteiger partial charge in [0, 0.05) is 18.1 Å². The van der Waals surface area contributed by atoms with E-state index in [1.54, 1.807) is 6.08 Å². The van der Waals surface area contributed by atoms with Gasteiger partial charge in [-0.1, -0.05) is 0 Å². The van der Waals surface area contributed by atoms with Crippen LogP contribution in [0.1, 0.15) is 11.5 Å². The first-order valence-electron chi connectivity index (χ1n) is 6.43. The molecule has 0 aromatic carbocycles. The van der Waals surface area contributed by atoms with E-state index in [1.165, 1.54) is 22.1 Å². The molecule has 1 amide bonds. The molecule has 21 heavy (non-hydrogen) atoms. The van der Waals surface area contributed by atoms with Crippen LogP contribution in [-0.4, -0.2) is 43.4 Å². The van der Waals surface area contributed by atoms with Gasteiger partial charge in [0.1, 0.15) is 23.5 Å². The third kappa shape index (κ3) is 1.83. The smallest absolute Gasteiger partial charge is 0.353 e. The van der Waals surface area contributed by atoms with Crippen LogP contribution in [0.5, 0.6) is 0 Å². The third-order valence-electron chi connectivity index (χ3n) is 3.64. The van der Waals surface area contributed by atoms with Gasteiger partial charge in [0.15, 0.2) is 0 Å². The van der Waals surface area contributed by atoms with Crippen molar-refractivity contribution in [2.24, 2.45) is 0 Å². The van der Waals surface area contributed by atoms with E-state index in [0.29, 0.717) is 24.5 Å². The number of aliphatic carboxylic acids is 1. The Morgan fingerprint density at radius 2 is 2.43 bits per heavy atom. The van der Waals surface area contributed by atoms with Gasteiger partial charge in [0.2, 0.25) is 0 Å². The molecular formula is C13H11N3O4S. The highest BCUT2D eigenvalue weighted by molar-refractivity contribution is 8.03. The second-order valence-electron chi connectivity index (χ2n) is 4.90. The molecular weight excluding hydrogens is 294 g/mol. The molecule has 1 aromatic heterocycles. The summed E-state index contributed by atoms with van der Waals surface area (Å²) in [7, 11) is 0. The van der Waals surface area contributed by atoms with Crippen LogP contribution in [-0.2, 0) is 27.5 Å². The fourth-order valence-corrected chi connectivity index (χ4v) is 3.73. The normalized spacial score (nSPS) is 25.4. The van der Waals surface area contributed by atoms with Crippen molar-refractivity contribution in [3.63, 3.8) is 0 Å². The molecule has 7 nitrogen and oxygen atoms in total. The van der Waals surface area contributed by atoms with E-state index in [-0.39, 0.29) is 17.0 Å². The SMILES string of the molecule is O=C(O)C1=CSC2/C(=C/c3cn4c(n3)COCC4)C(=O)N12. The first-order valence-corrected chi connectivity index (χ1v) is 7.37. The Bertz CT molecular complexity index is 697. The number of thioether (sulfide) groups is 1. The van der Waals surface area contributed by atoms with Gasteiger partial charge in [-0.3, -0.25) is 9.69 Å². The Hall–Kier alpha value is -2.06. The average Bonchev–Trinajstić information content (AvgIpc) is 3.05. The van der Waals surface area contributed by atoms with Crippen molar-refractivity contribution >= 4 is 29.7 Å². The lowest BCUT2D eigenvalue weighted by Gasteiger charge is -2.36. The summed E-state index contributed by atoms with van der Waals surface area (Å²) in [5.74, 6) is -0.493. The fraction of sp³-hybridized carbons (Fsp3) is 0.308. The molecule has 1 fully saturated rings. The average molecular weight is 305 g/mol. The number of amides is 1. The van der Waals surface area contributed by atoms with Crippen LogP contribution >= 0.6 is 11.8 Å². The van der Waals surface area contributed by atoms with Gasteiger partial charge in [0.25, 0.3) is 5.91 Å². The maximum atomic E-state index is 12.1. The van der Waals surface area contributed by atoms with Crippen LogP contribution < -0.4 is 0 Å². The number of carbonyl (C=O) groups excluding carboxylic acids is 1. The molecule has 1 saturated heterocycles. The highest BCUT2D eigenvalue weighted by Gasteiger charge is 2.49. The fourth-order valence-electron chi connectivity index (χ4n) is 2.61. The van der Waals surface area contributed by atoms with Crippen LogP contribution in [0, 0.1) is 0 Å². The summed E-state index contributed by atoms with van der Waals surface area (Å²) in [6, 6.07) is 0. The molecule has 1 aromatic rings. The van der Waals surface area contributed by atoms with E-state index in [9.17, 15) is 9.59 Å². The molecule has 4 heterocycles. The zero-order valence-electron chi connectivity index (χ0n) is 10.9. The molecule has 1 N–H and O–H groups in total. The molecule has 3 aliphatic heterocycles. The summed E-state index contributed by atoms with van der Waals surface area (Å²) < 4.78 is 7.34. The lowest BCUT2D eigenvalue weighted by atomic mass is 10.0. The number of hydrogen-bond donors (Lipinski definition) is 1. The number of imidazole rings is 1. The van der Waals surface area contributed by atoms with E-state index in [1.807, 2.05) is 10.8 Å². The number of nitrogens with zero attached hydrogens (tertiary/aromatic N) is 3. The van der Waals surface area contributed by atoms with Gasteiger partial charge in [-0.2, -0.15) is 0 Å². The molecule has 0 saturated carbocycles. The van der Waals surface area contributed by atoms with Crippen molar-refractivity contribution < 1.29 is 19.4 Å². The molecule has 0 aliphatic carbocycles. The Kier molecular flexibility index (Phi) is 2.69. The topological polar surface area (TPSA) is 84.7 Å². The van der Waals surface area contributed by atoms with Crippen LogP contribution in [0.2, 0.25) is 0 Å². The van der Waals surface area contributed by atoms with Gasteiger partial charge in [-0.15, -0.1) is 11.8 Å². The van der Waals surface area contributed by atoms with Crippen molar-refractivity contribution in [1.82, 2.24) is 14.5 Å². The molecule has 0 bridgehead atoms. The number of hydrogen-bond acceptors (Lipinski definition) is 5. The zero-order valence-corrected chi connectivity index (χ0v) is 11.7. The number of fused-ring (bicyclic) bond motifs is 2. The number of aromatic nitrogens is 2.